The Bertz CT molecular complexity index is 543. The van der Waals surface area contributed by atoms with Crippen LogP contribution in [0.4, 0.5) is 0 Å². The highest BCUT2D eigenvalue weighted by Gasteiger charge is 2.19. The molecule has 1 saturated heterocycles. The van der Waals surface area contributed by atoms with E-state index in [1.807, 2.05) is 6.07 Å². The van der Waals surface area contributed by atoms with Crippen molar-refractivity contribution in [3.63, 3.8) is 0 Å². The van der Waals surface area contributed by atoms with Crippen molar-refractivity contribution in [1.29, 1.82) is 0 Å². The van der Waals surface area contributed by atoms with Gasteiger partial charge in [0.1, 0.15) is 5.01 Å². The number of thiazole rings is 1. The van der Waals surface area contributed by atoms with Crippen LogP contribution in [0.5, 0.6) is 0 Å². The molecule has 0 spiro atoms. The summed E-state index contributed by atoms with van der Waals surface area (Å²) in [7, 11) is 0. The van der Waals surface area contributed by atoms with Crippen molar-refractivity contribution < 1.29 is 0 Å². The van der Waals surface area contributed by atoms with Crippen LogP contribution in [0.1, 0.15) is 18.5 Å². The molecule has 0 aliphatic carbocycles. The molecule has 3 rings (SSSR count). The Balaban J connectivity index is 0.00000161. The Morgan fingerprint density at radius 1 is 1.29 bits per heavy atom. The highest BCUT2D eigenvalue weighted by Crippen LogP contribution is 2.25. The molecule has 1 atom stereocenters. The highest BCUT2D eigenvalue weighted by atomic mass is 35.5. The molecule has 0 amide bonds. The molecule has 1 fully saturated rings. The van der Waals surface area contributed by atoms with Gasteiger partial charge in [0.05, 0.1) is 5.69 Å². The lowest BCUT2D eigenvalue weighted by Gasteiger charge is -2.31. The molecule has 1 aromatic heterocycles. The predicted octanol–water partition coefficient (Wildman–Crippen LogP) is 3.40. The zero-order valence-electron chi connectivity index (χ0n) is 12.1. The van der Waals surface area contributed by atoms with E-state index in [0.29, 0.717) is 5.92 Å². The Hall–Kier alpha value is -0.940. The maximum atomic E-state index is 5.80. The van der Waals surface area contributed by atoms with Crippen LogP contribution in [0.2, 0.25) is 0 Å². The number of benzene rings is 1. The predicted molar refractivity (Wildman–Crippen MR) is 91.9 cm³/mol. The number of halogens is 1. The van der Waals surface area contributed by atoms with Crippen LogP contribution in [-0.2, 0) is 6.54 Å². The maximum Gasteiger partial charge on any atom is 0.123 e. The monoisotopic (exact) mass is 323 g/mol. The van der Waals surface area contributed by atoms with E-state index in [9.17, 15) is 0 Å². The van der Waals surface area contributed by atoms with Crippen molar-refractivity contribution in [2.75, 3.05) is 19.6 Å². The number of aromatic nitrogens is 1. The normalized spacial score (nSPS) is 19.2. The number of nitrogens with two attached hydrogens (primary N) is 1. The number of hydrogen-bond acceptors (Lipinski definition) is 4. The third kappa shape index (κ3) is 4.27. The van der Waals surface area contributed by atoms with Crippen molar-refractivity contribution >= 4 is 23.7 Å². The number of nitrogens with zero attached hydrogens (tertiary/aromatic N) is 2. The molecule has 2 heterocycles. The summed E-state index contributed by atoms with van der Waals surface area (Å²) in [6.07, 6.45) is 2.54. The molecular weight excluding hydrogens is 302 g/mol. The molecule has 21 heavy (non-hydrogen) atoms. The van der Waals surface area contributed by atoms with Crippen LogP contribution in [-0.4, -0.2) is 29.5 Å². The van der Waals surface area contributed by atoms with Crippen LogP contribution >= 0.6 is 23.7 Å². The van der Waals surface area contributed by atoms with Crippen molar-refractivity contribution in [3.05, 3.63) is 41.4 Å². The molecule has 2 aromatic rings. The summed E-state index contributed by atoms with van der Waals surface area (Å²) in [5.41, 5.74) is 8.20. The molecule has 0 bridgehead atoms. The molecule has 3 nitrogen and oxygen atoms in total. The molecule has 1 aromatic carbocycles. The number of rotatable bonds is 4. The first-order valence-corrected chi connectivity index (χ1v) is 8.15. The maximum absolute atomic E-state index is 5.80. The Morgan fingerprint density at radius 3 is 2.86 bits per heavy atom. The molecule has 1 aliphatic heterocycles. The first-order chi connectivity index (χ1) is 9.85. The van der Waals surface area contributed by atoms with E-state index in [4.69, 9.17) is 10.7 Å². The summed E-state index contributed by atoms with van der Waals surface area (Å²) in [5.74, 6) is 0.663. The quantitative estimate of drug-likeness (QED) is 0.937. The lowest BCUT2D eigenvalue weighted by molar-refractivity contribution is 0.169. The fourth-order valence-electron chi connectivity index (χ4n) is 2.81. The van der Waals surface area contributed by atoms with Crippen LogP contribution in [0.15, 0.2) is 35.7 Å². The zero-order chi connectivity index (χ0) is 13.8. The van der Waals surface area contributed by atoms with Crippen molar-refractivity contribution in [2.45, 2.75) is 19.4 Å². The van der Waals surface area contributed by atoms with Gasteiger partial charge in [-0.15, -0.1) is 23.7 Å². The van der Waals surface area contributed by atoms with Gasteiger partial charge in [0.15, 0.2) is 0 Å². The SMILES string of the molecule is Cl.NCC1CCCN(Cc2csc(-c3ccccc3)n2)C1. The molecule has 1 aliphatic rings. The topological polar surface area (TPSA) is 42.1 Å². The Morgan fingerprint density at radius 2 is 2.10 bits per heavy atom. The smallest absolute Gasteiger partial charge is 0.123 e. The van der Waals surface area contributed by atoms with E-state index in [-0.39, 0.29) is 12.4 Å². The minimum absolute atomic E-state index is 0. The second kappa shape index (κ2) is 7.90. The van der Waals surface area contributed by atoms with Gasteiger partial charge < -0.3 is 5.73 Å². The summed E-state index contributed by atoms with van der Waals surface area (Å²) in [4.78, 5) is 7.26. The molecular formula is C16H22ClN3S. The van der Waals surface area contributed by atoms with Crippen LogP contribution < -0.4 is 5.73 Å². The average Bonchev–Trinajstić information content (AvgIpc) is 2.97. The van der Waals surface area contributed by atoms with Crippen LogP contribution in [0.3, 0.4) is 0 Å². The van der Waals surface area contributed by atoms with Crippen molar-refractivity contribution in [3.8, 4) is 10.6 Å². The van der Waals surface area contributed by atoms with Gasteiger partial charge in [-0.1, -0.05) is 30.3 Å². The van der Waals surface area contributed by atoms with Crippen LogP contribution in [0, 0.1) is 5.92 Å². The Kier molecular flexibility index (Phi) is 6.18. The molecule has 114 valence electrons. The highest BCUT2D eigenvalue weighted by molar-refractivity contribution is 7.13. The van der Waals surface area contributed by atoms with E-state index >= 15 is 0 Å². The third-order valence-electron chi connectivity index (χ3n) is 3.89. The fraction of sp³-hybridized carbons (Fsp3) is 0.438. The molecule has 1 unspecified atom stereocenters. The van der Waals surface area contributed by atoms with Crippen molar-refractivity contribution in [1.82, 2.24) is 9.88 Å². The van der Waals surface area contributed by atoms with Gasteiger partial charge in [0.2, 0.25) is 0 Å². The van der Waals surface area contributed by atoms with Gasteiger partial charge in [-0.25, -0.2) is 4.98 Å². The van der Waals surface area contributed by atoms with Crippen LogP contribution in [0.25, 0.3) is 10.6 Å². The van der Waals surface area contributed by atoms with Gasteiger partial charge in [0.25, 0.3) is 0 Å². The number of piperidine rings is 1. The third-order valence-corrected chi connectivity index (χ3v) is 4.83. The lowest BCUT2D eigenvalue weighted by atomic mass is 9.98. The summed E-state index contributed by atoms with van der Waals surface area (Å²) >= 11 is 1.74. The van der Waals surface area contributed by atoms with E-state index in [0.717, 1.165) is 24.6 Å². The fourth-order valence-corrected chi connectivity index (χ4v) is 3.63. The van der Waals surface area contributed by atoms with Gasteiger partial charge in [0, 0.05) is 24.0 Å². The number of likely N-dealkylation sites (tertiary alicyclic amines) is 1. The molecule has 5 heteroatoms. The number of hydrogen-bond donors (Lipinski definition) is 1. The summed E-state index contributed by atoms with van der Waals surface area (Å²) < 4.78 is 0. The van der Waals surface area contributed by atoms with E-state index < -0.39 is 0 Å². The first kappa shape index (κ1) is 16.4. The Labute approximate surface area is 136 Å². The minimum atomic E-state index is 0. The van der Waals surface area contributed by atoms with Gasteiger partial charge in [-0.05, 0) is 31.8 Å². The minimum Gasteiger partial charge on any atom is -0.330 e. The molecule has 0 radical (unpaired) electrons. The van der Waals surface area contributed by atoms with E-state index in [2.05, 4.69) is 34.5 Å². The molecule has 2 N–H and O–H groups in total. The van der Waals surface area contributed by atoms with Gasteiger partial charge in [-0.2, -0.15) is 0 Å². The largest absolute Gasteiger partial charge is 0.330 e. The second-order valence-electron chi connectivity index (χ2n) is 5.49. The summed E-state index contributed by atoms with van der Waals surface area (Å²) in [6.45, 7) is 4.06. The zero-order valence-corrected chi connectivity index (χ0v) is 13.7. The summed E-state index contributed by atoms with van der Waals surface area (Å²) in [5, 5.41) is 3.31. The second-order valence-corrected chi connectivity index (χ2v) is 6.35. The van der Waals surface area contributed by atoms with Crippen molar-refractivity contribution in [2.24, 2.45) is 11.7 Å². The van der Waals surface area contributed by atoms with E-state index in [1.54, 1.807) is 11.3 Å². The average molecular weight is 324 g/mol. The van der Waals surface area contributed by atoms with Gasteiger partial charge >= 0.3 is 0 Å². The standard InChI is InChI=1S/C16H21N3S.ClH/c17-9-13-5-4-8-19(10-13)11-15-12-20-16(18-15)14-6-2-1-3-7-14;/h1-3,6-7,12-13H,4-5,8-11,17H2;1H. The van der Waals surface area contributed by atoms with E-state index in [1.165, 1.54) is 30.6 Å². The first-order valence-electron chi connectivity index (χ1n) is 7.27. The van der Waals surface area contributed by atoms with Gasteiger partial charge in [-0.3, -0.25) is 4.90 Å². The lowest BCUT2D eigenvalue weighted by Crippen LogP contribution is -2.37. The summed E-state index contributed by atoms with van der Waals surface area (Å²) in [6, 6.07) is 10.4. The molecule has 0 saturated carbocycles.